The van der Waals surface area contributed by atoms with E-state index in [1.807, 2.05) is 0 Å². The Morgan fingerprint density at radius 1 is 1.11 bits per heavy atom. The Morgan fingerprint density at radius 3 is 2.33 bits per heavy atom. The van der Waals surface area contributed by atoms with Gasteiger partial charge in [0.25, 0.3) is 0 Å². The molecule has 2 aromatic rings. The lowest BCUT2D eigenvalue weighted by Crippen LogP contribution is -2.04. The van der Waals surface area contributed by atoms with Crippen molar-refractivity contribution in [3.05, 3.63) is 35.7 Å². The Bertz CT molecular complexity index is 553. The third kappa shape index (κ3) is 2.10. The number of benzene rings is 1. The highest BCUT2D eigenvalue weighted by molar-refractivity contribution is 5.55. The number of aromatic amines is 1. The molecule has 1 aliphatic rings. The van der Waals surface area contributed by atoms with Gasteiger partial charge in [0.05, 0.1) is 5.56 Å². The summed E-state index contributed by atoms with van der Waals surface area (Å²) in [6.45, 7) is 0. The number of hydrogen-bond acceptors (Lipinski definition) is 2. The largest absolute Gasteiger partial charge is 0.416 e. The van der Waals surface area contributed by atoms with Crippen molar-refractivity contribution in [2.24, 2.45) is 0 Å². The topological polar surface area (TPSA) is 41.6 Å². The van der Waals surface area contributed by atoms with Crippen molar-refractivity contribution in [2.45, 2.75) is 24.9 Å². The SMILES string of the molecule is FC(F)(F)c1ccc(-c2n[nH]c(C3CC3)n2)cc1. The van der Waals surface area contributed by atoms with E-state index in [2.05, 4.69) is 15.2 Å². The number of alkyl halides is 3. The van der Waals surface area contributed by atoms with E-state index in [4.69, 9.17) is 0 Å². The molecule has 1 aliphatic carbocycles. The quantitative estimate of drug-likeness (QED) is 0.891. The highest BCUT2D eigenvalue weighted by Crippen LogP contribution is 2.38. The van der Waals surface area contributed by atoms with Gasteiger partial charge in [-0.1, -0.05) is 12.1 Å². The molecule has 1 N–H and O–H groups in total. The number of rotatable bonds is 2. The molecule has 0 spiro atoms. The van der Waals surface area contributed by atoms with Crippen LogP contribution in [0.2, 0.25) is 0 Å². The van der Waals surface area contributed by atoms with Crippen molar-refractivity contribution in [1.29, 1.82) is 0 Å². The Labute approximate surface area is 101 Å². The van der Waals surface area contributed by atoms with Crippen LogP contribution in [0.15, 0.2) is 24.3 Å². The molecule has 1 aromatic carbocycles. The summed E-state index contributed by atoms with van der Waals surface area (Å²) in [5.41, 5.74) is -0.0737. The zero-order chi connectivity index (χ0) is 12.8. The summed E-state index contributed by atoms with van der Waals surface area (Å²) in [5.74, 6) is 1.72. The molecule has 1 fully saturated rings. The smallest absolute Gasteiger partial charge is 0.262 e. The fourth-order valence-corrected chi connectivity index (χ4v) is 1.75. The number of nitrogens with one attached hydrogen (secondary N) is 1. The molecule has 6 heteroatoms. The first-order valence-electron chi connectivity index (χ1n) is 5.64. The van der Waals surface area contributed by atoms with E-state index < -0.39 is 11.7 Å². The Kier molecular flexibility index (Phi) is 2.39. The van der Waals surface area contributed by atoms with Gasteiger partial charge >= 0.3 is 6.18 Å². The molecule has 0 atom stereocenters. The van der Waals surface area contributed by atoms with Crippen LogP contribution in [0.3, 0.4) is 0 Å². The molecule has 1 heterocycles. The molecule has 0 saturated heterocycles. The fraction of sp³-hybridized carbons (Fsp3) is 0.333. The van der Waals surface area contributed by atoms with Gasteiger partial charge in [0, 0.05) is 11.5 Å². The second-order valence-corrected chi connectivity index (χ2v) is 4.39. The van der Waals surface area contributed by atoms with Crippen LogP contribution >= 0.6 is 0 Å². The predicted molar refractivity (Wildman–Crippen MR) is 58.8 cm³/mol. The summed E-state index contributed by atoms with van der Waals surface area (Å²) >= 11 is 0. The van der Waals surface area contributed by atoms with E-state index in [1.54, 1.807) is 0 Å². The maximum atomic E-state index is 12.4. The molecule has 0 unspecified atom stereocenters. The van der Waals surface area contributed by atoms with Crippen LogP contribution in [-0.2, 0) is 6.18 Å². The molecule has 0 amide bonds. The van der Waals surface area contributed by atoms with E-state index in [0.29, 0.717) is 17.3 Å². The molecule has 0 radical (unpaired) electrons. The first kappa shape index (κ1) is 11.3. The number of halogens is 3. The van der Waals surface area contributed by atoms with Gasteiger partial charge in [-0.25, -0.2) is 4.98 Å². The summed E-state index contributed by atoms with van der Waals surface area (Å²) in [6.07, 6.45) is -2.11. The van der Waals surface area contributed by atoms with Crippen LogP contribution in [0.1, 0.15) is 30.1 Å². The maximum absolute atomic E-state index is 12.4. The van der Waals surface area contributed by atoms with Crippen molar-refractivity contribution < 1.29 is 13.2 Å². The van der Waals surface area contributed by atoms with Gasteiger partial charge in [0.15, 0.2) is 5.82 Å². The molecule has 1 saturated carbocycles. The molecule has 0 aliphatic heterocycles. The van der Waals surface area contributed by atoms with Crippen molar-refractivity contribution in [3.8, 4) is 11.4 Å². The number of nitrogens with zero attached hydrogens (tertiary/aromatic N) is 2. The van der Waals surface area contributed by atoms with Crippen LogP contribution in [0.25, 0.3) is 11.4 Å². The monoisotopic (exact) mass is 253 g/mol. The van der Waals surface area contributed by atoms with Crippen molar-refractivity contribution >= 4 is 0 Å². The molecule has 94 valence electrons. The molecular formula is C12H10F3N3. The lowest BCUT2D eigenvalue weighted by Gasteiger charge is -2.05. The van der Waals surface area contributed by atoms with Crippen molar-refractivity contribution in [1.82, 2.24) is 15.2 Å². The van der Waals surface area contributed by atoms with Crippen LogP contribution in [0.5, 0.6) is 0 Å². The Morgan fingerprint density at radius 2 is 1.78 bits per heavy atom. The van der Waals surface area contributed by atoms with Gasteiger partial charge in [0.2, 0.25) is 0 Å². The third-order valence-corrected chi connectivity index (χ3v) is 2.94. The van der Waals surface area contributed by atoms with Crippen LogP contribution in [0.4, 0.5) is 13.2 Å². The molecule has 0 bridgehead atoms. The maximum Gasteiger partial charge on any atom is 0.416 e. The zero-order valence-electron chi connectivity index (χ0n) is 9.33. The van der Waals surface area contributed by atoms with Gasteiger partial charge in [-0.15, -0.1) is 0 Å². The minimum absolute atomic E-state index is 0.445. The summed E-state index contributed by atoms with van der Waals surface area (Å²) in [5, 5.41) is 6.85. The fourth-order valence-electron chi connectivity index (χ4n) is 1.75. The average molecular weight is 253 g/mol. The van der Waals surface area contributed by atoms with E-state index >= 15 is 0 Å². The average Bonchev–Trinajstić information content (AvgIpc) is 3.06. The number of aromatic nitrogens is 3. The Balaban J connectivity index is 1.87. The molecule has 1 aromatic heterocycles. The normalized spacial score (nSPS) is 15.9. The third-order valence-electron chi connectivity index (χ3n) is 2.94. The summed E-state index contributed by atoms with van der Waals surface area (Å²) < 4.78 is 37.2. The van der Waals surface area contributed by atoms with E-state index in [9.17, 15) is 13.2 Å². The molecule has 3 rings (SSSR count). The van der Waals surface area contributed by atoms with E-state index in [-0.39, 0.29) is 0 Å². The number of hydrogen-bond donors (Lipinski definition) is 1. The van der Waals surface area contributed by atoms with Gasteiger partial charge in [-0.05, 0) is 25.0 Å². The van der Waals surface area contributed by atoms with Crippen LogP contribution in [0, 0.1) is 0 Å². The minimum atomic E-state index is -4.31. The lowest BCUT2D eigenvalue weighted by atomic mass is 10.1. The standard InChI is InChI=1S/C12H10F3N3/c13-12(14,15)9-5-3-8(4-6-9)11-16-10(17-18-11)7-1-2-7/h3-7H,1-2H2,(H,16,17,18). The van der Waals surface area contributed by atoms with Gasteiger partial charge in [0.1, 0.15) is 5.82 Å². The summed E-state index contributed by atoms with van der Waals surface area (Å²) in [6, 6.07) is 4.87. The van der Waals surface area contributed by atoms with Crippen molar-refractivity contribution in [3.63, 3.8) is 0 Å². The van der Waals surface area contributed by atoms with E-state index in [1.165, 1.54) is 12.1 Å². The van der Waals surface area contributed by atoms with Gasteiger partial charge in [-0.2, -0.15) is 18.3 Å². The zero-order valence-corrected chi connectivity index (χ0v) is 9.33. The highest BCUT2D eigenvalue weighted by atomic mass is 19.4. The summed E-state index contributed by atoms with van der Waals surface area (Å²) in [4.78, 5) is 4.29. The van der Waals surface area contributed by atoms with E-state index in [0.717, 1.165) is 30.8 Å². The van der Waals surface area contributed by atoms with Crippen LogP contribution in [-0.4, -0.2) is 15.2 Å². The first-order valence-corrected chi connectivity index (χ1v) is 5.64. The Hall–Kier alpha value is -1.85. The summed E-state index contributed by atoms with van der Waals surface area (Å²) in [7, 11) is 0. The molecule has 3 nitrogen and oxygen atoms in total. The van der Waals surface area contributed by atoms with Gasteiger partial charge in [-0.3, -0.25) is 5.10 Å². The molecule has 18 heavy (non-hydrogen) atoms. The molecular weight excluding hydrogens is 243 g/mol. The van der Waals surface area contributed by atoms with Crippen LogP contribution < -0.4 is 0 Å². The second kappa shape index (κ2) is 3.83. The number of H-pyrrole nitrogens is 1. The van der Waals surface area contributed by atoms with Gasteiger partial charge < -0.3 is 0 Å². The lowest BCUT2D eigenvalue weighted by molar-refractivity contribution is -0.137. The predicted octanol–water partition coefficient (Wildman–Crippen LogP) is 3.37. The highest BCUT2D eigenvalue weighted by Gasteiger charge is 2.30. The van der Waals surface area contributed by atoms with Crippen molar-refractivity contribution in [2.75, 3.05) is 0 Å². The first-order chi connectivity index (χ1) is 8.54. The second-order valence-electron chi connectivity index (χ2n) is 4.39. The minimum Gasteiger partial charge on any atom is -0.262 e.